The maximum Gasteiger partial charge on any atom is 0.303 e. The number of rotatable bonds is 5. The van der Waals surface area contributed by atoms with Gasteiger partial charge < -0.3 is 5.11 Å². The van der Waals surface area contributed by atoms with Gasteiger partial charge in [-0.3, -0.25) is 4.79 Å². The van der Waals surface area contributed by atoms with Gasteiger partial charge in [-0.05, 0) is 33.1 Å². The zero-order valence-electron chi connectivity index (χ0n) is 8.78. The van der Waals surface area contributed by atoms with Gasteiger partial charge in [0.2, 0.25) is 0 Å². The van der Waals surface area contributed by atoms with Gasteiger partial charge in [0, 0.05) is 16.4 Å². The molecule has 1 heterocycles. The SMILES string of the molecule is CC1(C)C[C@@H](CCCCC(=O)O)SS1. The fourth-order valence-electron chi connectivity index (χ4n) is 1.61. The van der Waals surface area contributed by atoms with Crippen LogP contribution in [0.25, 0.3) is 0 Å². The van der Waals surface area contributed by atoms with Gasteiger partial charge in [0.25, 0.3) is 0 Å². The predicted molar refractivity (Wildman–Crippen MR) is 63.8 cm³/mol. The van der Waals surface area contributed by atoms with Gasteiger partial charge in [0.1, 0.15) is 0 Å². The zero-order chi connectivity index (χ0) is 10.6. The smallest absolute Gasteiger partial charge is 0.303 e. The molecule has 0 amide bonds. The Morgan fingerprint density at radius 1 is 1.50 bits per heavy atom. The van der Waals surface area contributed by atoms with Crippen molar-refractivity contribution in [3.63, 3.8) is 0 Å². The third-order valence-corrected chi connectivity index (χ3v) is 6.14. The molecule has 1 fully saturated rings. The molecule has 0 bridgehead atoms. The minimum atomic E-state index is -0.668. The molecule has 1 rings (SSSR count). The molecule has 1 N–H and O–H groups in total. The average Bonchev–Trinajstić information content (AvgIpc) is 2.39. The molecule has 0 spiro atoms. The van der Waals surface area contributed by atoms with E-state index in [0.717, 1.165) is 18.1 Å². The molecule has 1 aliphatic heterocycles. The van der Waals surface area contributed by atoms with Gasteiger partial charge in [-0.25, -0.2) is 0 Å². The summed E-state index contributed by atoms with van der Waals surface area (Å²) >= 11 is 0. The highest BCUT2D eigenvalue weighted by Crippen LogP contribution is 2.52. The highest BCUT2D eigenvalue weighted by atomic mass is 33.1. The molecule has 1 aliphatic rings. The standard InChI is InChI=1S/C10H18O2S2/c1-10(2)7-8(13-14-10)5-3-4-6-9(11)12/h8H,3-7H2,1-2H3,(H,11,12)/t8-/m1/s1. The van der Waals surface area contributed by atoms with Crippen molar-refractivity contribution in [3.8, 4) is 0 Å². The van der Waals surface area contributed by atoms with Gasteiger partial charge in [-0.1, -0.05) is 28.0 Å². The normalized spacial score (nSPS) is 25.1. The summed E-state index contributed by atoms with van der Waals surface area (Å²) in [6.45, 7) is 4.56. The second-order valence-corrected chi connectivity index (χ2v) is 7.61. The fraction of sp³-hybridized carbons (Fsp3) is 0.900. The second-order valence-electron chi connectivity index (χ2n) is 4.40. The Balaban J connectivity index is 2.06. The van der Waals surface area contributed by atoms with Crippen LogP contribution in [0.3, 0.4) is 0 Å². The Labute approximate surface area is 93.6 Å². The molecule has 4 heteroatoms. The number of carboxylic acids is 1. The van der Waals surface area contributed by atoms with Crippen LogP contribution in [0, 0.1) is 0 Å². The minimum Gasteiger partial charge on any atom is -0.481 e. The van der Waals surface area contributed by atoms with Crippen molar-refractivity contribution in [2.75, 3.05) is 0 Å². The van der Waals surface area contributed by atoms with Crippen LogP contribution in [-0.2, 0) is 4.79 Å². The molecule has 82 valence electrons. The third-order valence-electron chi connectivity index (χ3n) is 2.30. The van der Waals surface area contributed by atoms with E-state index in [-0.39, 0.29) is 0 Å². The van der Waals surface area contributed by atoms with Crippen molar-refractivity contribution in [2.24, 2.45) is 0 Å². The molecule has 0 unspecified atom stereocenters. The topological polar surface area (TPSA) is 37.3 Å². The Hall–Kier alpha value is 0.170. The van der Waals surface area contributed by atoms with Crippen LogP contribution in [0.15, 0.2) is 0 Å². The first-order chi connectivity index (χ1) is 6.49. The van der Waals surface area contributed by atoms with E-state index >= 15 is 0 Å². The molecule has 0 radical (unpaired) electrons. The third kappa shape index (κ3) is 4.60. The lowest BCUT2D eigenvalue weighted by Crippen LogP contribution is -2.12. The lowest BCUT2D eigenvalue weighted by Gasteiger charge is -2.13. The zero-order valence-corrected chi connectivity index (χ0v) is 10.4. The minimum absolute atomic E-state index is 0.327. The van der Waals surface area contributed by atoms with Crippen LogP contribution in [0.1, 0.15) is 46.0 Å². The molecular weight excluding hydrogens is 216 g/mol. The van der Waals surface area contributed by atoms with Crippen molar-refractivity contribution < 1.29 is 9.90 Å². The first kappa shape index (κ1) is 12.2. The summed E-state index contributed by atoms with van der Waals surface area (Å²) in [5.41, 5.74) is 0. The van der Waals surface area contributed by atoms with Crippen LogP contribution in [0.2, 0.25) is 0 Å². The Kier molecular flexibility index (Phi) is 4.64. The van der Waals surface area contributed by atoms with Gasteiger partial charge in [-0.2, -0.15) is 0 Å². The first-order valence-corrected chi connectivity index (χ1v) is 7.27. The highest BCUT2D eigenvalue weighted by Gasteiger charge is 2.32. The number of unbranched alkanes of at least 4 members (excludes halogenated alkanes) is 1. The number of aliphatic carboxylic acids is 1. The molecule has 0 aliphatic carbocycles. The van der Waals surface area contributed by atoms with E-state index < -0.39 is 5.97 Å². The van der Waals surface area contributed by atoms with Crippen LogP contribution in [-0.4, -0.2) is 21.1 Å². The summed E-state index contributed by atoms with van der Waals surface area (Å²) < 4.78 is 0.419. The largest absolute Gasteiger partial charge is 0.481 e. The van der Waals surface area contributed by atoms with Crippen LogP contribution in [0.4, 0.5) is 0 Å². The highest BCUT2D eigenvalue weighted by molar-refractivity contribution is 8.77. The first-order valence-electron chi connectivity index (χ1n) is 5.06. The summed E-state index contributed by atoms with van der Waals surface area (Å²) in [5.74, 6) is -0.668. The molecule has 0 aromatic carbocycles. The molecule has 1 saturated heterocycles. The summed E-state index contributed by atoms with van der Waals surface area (Å²) in [6.07, 6.45) is 4.65. The summed E-state index contributed by atoms with van der Waals surface area (Å²) in [5, 5.41) is 9.22. The Morgan fingerprint density at radius 3 is 2.71 bits per heavy atom. The molecule has 2 nitrogen and oxygen atoms in total. The van der Waals surface area contributed by atoms with Crippen LogP contribution < -0.4 is 0 Å². The molecule has 1 atom stereocenters. The average molecular weight is 234 g/mol. The van der Waals surface area contributed by atoms with Crippen LogP contribution in [0.5, 0.6) is 0 Å². The molecule has 0 aromatic rings. The monoisotopic (exact) mass is 234 g/mol. The van der Waals surface area contributed by atoms with E-state index in [4.69, 9.17) is 5.11 Å². The van der Waals surface area contributed by atoms with Crippen molar-refractivity contribution >= 4 is 27.6 Å². The van der Waals surface area contributed by atoms with Crippen molar-refractivity contribution in [3.05, 3.63) is 0 Å². The van der Waals surface area contributed by atoms with Gasteiger partial charge in [0.15, 0.2) is 0 Å². The summed E-state index contributed by atoms with van der Waals surface area (Å²) in [6, 6.07) is 0. The Bertz CT molecular complexity index is 204. The molecular formula is C10H18O2S2. The molecule has 0 saturated carbocycles. The number of carboxylic acid groups (broad SMARTS) is 1. The van der Waals surface area contributed by atoms with E-state index in [9.17, 15) is 4.79 Å². The van der Waals surface area contributed by atoms with E-state index in [1.807, 2.05) is 21.6 Å². The van der Waals surface area contributed by atoms with E-state index in [1.54, 1.807) is 0 Å². The van der Waals surface area contributed by atoms with Gasteiger partial charge >= 0.3 is 5.97 Å². The second kappa shape index (κ2) is 5.31. The lowest BCUT2D eigenvalue weighted by atomic mass is 10.0. The number of carbonyl (C=O) groups is 1. The summed E-state index contributed by atoms with van der Waals surface area (Å²) in [4.78, 5) is 10.3. The molecule has 0 aromatic heterocycles. The fourth-order valence-corrected chi connectivity index (χ4v) is 5.02. The number of hydrogen-bond donors (Lipinski definition) is 1. The van der Waals surface area contributed by atoms with Crippen LogP contribution >= 0.6 is 21.6 Å². The summed E-state index contributed by atoms with van der Waals surface area (Å²) in [7, 11) is 3.95. The Morgan fingerprint density at radius 2 is 2.21 bits per heavy atom. The number of hydrogen-bond acceptors (Lipinski definition) is 3. The van der Waals surface area contributed by atoms with E-state index in [2.05, 4.69) is 13.8 Å². The lowest BCUT2D eigenvalue weighted by molar-refractivity contribution is -0.137. The maximum atomic E-state index is 10.3. The van der Waals surface area contributed by atoms with Gasteiger partial charge in [-0.15, -0.1) is 0 Å². The van der Waals surface area contributed by atoms with Crippen molar-refractivity contribution in [1.29, 1.82) is 0 Å². The van der Waals surface area contributed by atoms with Crippen molar-refractivity contribution in [1.82, 2.24) is 0 Å². The maximum absolute atomic E-state index is 10.3. The quantitative estimate of drug-likeness (QED) is 0.583. The predicted octanol–water partition coefficient (Wildman–Crippen LogP) is 3.56. The molecule has 14 heavy (non-hydrogen) atoms. The van der Waals surface area contributed by atoms with Gasteiger partial charge in [0.05, 0.1) is 0 Å². The van der Waals surface area contributed by atoms with Crippen molar-refractivity contribution in [2.45, 2.75) is 55.9 Å². The van der Waals surface area contributed by atoms with E-state index in [0.29, 0.717) is 11.2 Å². The van der Waals surface area contributed by atoms with E-state index in [1.165, 1.54) is 12.8 Å².